The Kier molecular flexibility index (Phi) is 4.94. The van der Waals surface area contributed by atoms with E-state index in [0.29, 0.717) is 6.61 Å². The lowest BCUT2D eigenvalue weighted by molar-refractivity contribution is -0.152. The van der Waals surface area contributed by atoms with E-state index in [1.54, 1.807) is 0 Å². The second kappa shape index (κ2) is 5.23. The van der Waals surface area contributed by atoms with Crippen molar-refractivity contribution >= 4 is 5.97 Å². The van der Waals surface area contributed by atoms with Crippen molar-refractivity contribution in [2.75, 3.05) is 6.61 Å². The van der Waals surface area contributed by atoms with Crippen LogP contribution in [0.1, 0.15) is 26.7 Å². The monoisotopic (exact) mass is 146 g/mol. The van der Waals surface area contributed by atoms with Crippen LogP contribution in [0.15, 0.2) is 0 Å². The molecule has 0 saturated carbocycles. The molecule has 1 atom stereocenters. The Bertz CT molecular complexity index is 99.0. The van der Waals surface area contributed by atoms with Crippen LogP contribution in [0.4, 0.5) is 0 Å². The minimum absolute atomic E-state index is 0.417. The fraction of sp³-hybridized carbons (Fsp3) is 0.857. The van der Waals surface area contributed by atoms with E-state index < -0.39 is 12.1 Å². The number of aliphatic hydroxyl groups is 1. The maximum Gasteiger partial charge on any atom is 0.334 e. The summed E-state index contributed by atoms with van der Waals surface area (Å²) in [6, 6.07) is 0. The highest BCUT2D eigenvalue weighted by Gasteiger charge is 2.08. The van der Waals surface area contributed by atoms with Crippen LogP contribution >= 0.6 is 0 Å². The molecule has 0 radical (unpaired) electrons. The summed E-state index contributed by atoms with van der Waals surface area (Å²) in [5.41, 5.74) is 0. The van der Waals surface area contributed by atoms with Crippen molar-refractivity contribution in [3.63, 3.8) is 0 Å². The predicted molar refractivity (Wildman–Crippen MR) is 37.5 cm³/mol. The molecule has 0 aromatic carbocycles. The quantitative estimate of drug-likeness (QED) is 0.469. The second-order valence-corrected chi connectivity index (χ2v) is 2.20. The Morgan fingerprint density at radius 3 is 2.70 bits per heavy atom. The van der Waals surface area contributed by atoms with E-state index in [1.165, 1.54) is 6.92 Å². The van der Waals surface area contributed by atoms with Gasteiger partial charge in [0.2, 0.25) is 0 Å². The Morgan fingerprint density at radius 2 is 2.30 bits per heavy atom. The molecule has 0 aliphatic rings. The van der Waals surface area contributed by atoms with E-state index >= 15 is 0 Å². The Morgan fingerprint density at radius 1 is 1.70 bits per heavy atom. The van der Waals surface area contributed by atoms with Crippen molar-refractivity contribution in [2.24, 2.45) is 0 Å². The van der Waals surface area contributed by atoms with Crippen LogP contribution in [0.2, 0.25) is 0 Å². The van der Waals surface area contributed by atoms with Gasteiger partial charge >= 0.3 is 5.97 Å². The van der Waals surface area contributed by atoms with Gasteiger partial charge in [0, 0.05) is 0 Å². The molecule has 0 aromatic rings. The zero-order valence-electron chi connectivity index (χ0n) is 6.46. The van der Waals surface area contributed by atoms with E-state index in [0.717, 1.165) is 12.8 Å². The summed E-state index contributed by atoms with van der Waals surface area (Å²) in [5, 5.41) is 8.65. The molecule has 3 nitrogen and oxygen atoms in total. The van der Waals surface area contributed by atoms with Gasteiger partial charge < -0.3 is 9.84 Å². The van der Waals surface area contributed by atoms with Crippen LogP contribution in [0.3, 0.4) is 0 Å². The highest BCUT2D eigenvalue weighted by atomic mass is 16.5. The van der Waals surface area contributed by atoms with Crippen LogP contribution in [-0.2, 0) is 9.53 Å². The predicted octanol–water partition coefficient (Wildman–Crippen LogP) is 0.710. The summed E-state index contributed by atoms with van der Waals surface area (Å²) < 4.78 is 4.65. The second-order valence-electron chi connectivity index (χ2n) is 2.20. The van der Waals surface area contributed by atoms with Crippen molar-refractivity contribution in [2.45, 2.75) is 32.8 Å². The van der Waals surface area contributed by atoms with Gasteiger partial charge in [-0.15, -0.1) is 0 Å². The van der Waals surface area contributed by atoms with Crippen molar-refractivity contribution in [1.82, 2.24) is 0 Å². The molecule has 3 heteroatoms. The molecular formula is C7H14O3. The number of hydrogen-bond acceptors (Lipinski definition) is 3. The summed E-state index contributed by atoms with van der Waals surface area (Å²) in [4.78, 5) is 10.5. The molecule has 0 saturated heterocycles. The normalized spacial score (nSPS) is 12.7. The van der Waals surface area contributed by atoms with E-state index in [2.05, 4.69) is 4.74 Å². The molecule has 0 aromatic heterocycles. The third-order valence-corrected chi connectivity index (χ3v) is 1.08. The lowest BCUT2D eigenvalue weighted by Gasteiger charge is -2.04. The number of aliphatic hydroxyl groups excluding tert-OH is 1. The largest absolute Gasteiger partial charge is 0.464 e. The number of hydrogen-bond donors (Lipinski definition) is 1. The van der Waals surface area contributed by atoms with Gasteiger partial charge in [0.1, 0.15) is 6.10 Å². The van der Waals surface area contributed by atoms with Crippen LogP contribution in [0, 0.1) is 0 Å². The van der Waals surface area contributed by atoms with E-state index in [1.807, 2.05) is 6.92 Å². The maximum absolute atomic E-state index is 10.5. The van der Waals surface area contributed by atoms with Gasteiger partial charge in [-0.05, 0) is 13.3 Å². The highest BCUT2D eigenvalue weighted by Crippen LogP contribution is 1.91. The molecule has 0 unspecified atom stereocenters. The highest BCUT2D eigenvalue weighted by molar-refractivity contribution is 5.73. The molecule has 0 rings (SSSR count). The number of carbonyl (C=O) groups excluding carboxylic acids is 1. The van der Waals surface area contributed by atoms with Crippen molar-refractivity contribution in [1.29, 1.82) is 0 Å². The third kappa shape index (κ3) is 4.32. The molecule has 1 N–H and O–H groups in total. The van der Waals surface area contributed by atoms with Gasteiger partial charge in [0.05, 0.1) is 6.61 Å². The smallest absolute Gasteiger partial charge is 0.334 e. The lowest BCUT2D eigenvalue weighted by atomic mass is 10.3. The SMILES string of the molecule is CCCCOC(=O)[C@@H](C)O. The zero-order valence-corrected chi connectivity index (χ0v) is 6.46. The first-order valence-corrected chi connectivity index (χ1v) is 3.53. The molecule has 0 heterocycles. The van der Waals surface area contributed by atoms with Gasteiger partial charge in [-0.1, -0.05) is 13.3 Å². The Balaban J connectivity index is 3.22. The summed E-state index contributed by atoms with van der Waals surface area (Å²) >= 11 is 0. The molecule has 0 amide bonds. The number of rotatable bonds is 4. The van der Waals surface area contributed by atoms with Gasteiger partial charge in [0.25, 0.3) is 0 Å². The van der Waals surface area contributed by atoms with Gasteiger partial charge in [-0.25, -0.2) is 4.79 Å². The molecule has 0 bridgehead atoms. The first-order chi connectivity index (χ1) is 4.68. The first kappa shape index (κ1) is 9.43. The number of carbonyl (C=O) groups is 1. The third-order valence-electron chi connectivity index (χ3n) is 1.08. The van der Waals surface area contributed by atoms with Gasteiger partial charge in [0.15, 0.2) is 0 Å². The lowest BCUT2D eigenvalue weighted by Crippen LogP contribution is -2.19. The van der Waals surface area contributed by atoms with Crippen molar-refractivity contribution in [3.8, 4) is 0 Å². The van der Waals surface area contributed by atoms with Gasteiger partial charge in [-0.3, -0.25) is 0 Å². The molecule has 0 fully saturated rings. The zero-order chi connectivity index (χ0) is 7.98. The number of ether oxygens (including phenoxy) is 1. The molecule has 0 spiro atoms. The van der Waals surface area contributed by atoms with Gasteiger partial charge in [-0.2, -0.15) is 0 Å². The summed E-state index contributed by atoms with van der Waals surface area (Å²) in [7, 11) is 0. The van der Waals surface area contributed by atoms with Crippen LogP contribution in [-0.4, -0.2) is 23.8 Å². The average Bonchev–Trinajstić information content (AvgIpc) is 1.88. The Labute approximate surface area is 61.0 Å². The average molecular weight is 146 g/mol. The standard InChI is InChI=1S/C7H14O3/c1-3-4-5-10-7(9)6(2)8/h6,8H,3-5H2,1-2H3/t6-/m1/s1. The summed E-state index contributed by atoms with van der Waals surface area (Å²) in [6.45, 7) is 3.82. The topological polar surface area (TPSA) is 46.5 Å². The molecule has 10 heavy (non-hydrogen) atoms. The molecule has 0 aliphatic heterocycles. The molecule has 0 aliphatic carbocycles. The number of unbranched alkanes of at least 4 members (excludes halogenated alkanes) is 1. The van der Waals surface area contributed by atoms with Crippen molar-refractivity contribution < 1.29 is 14.6 Å². The number of esters is 1. The molecular weight excluding hydrogens is 132 g/mol. The minimum Gasteiger partial charge on any atom is -0.464 e. The fourth-order valence-electron chi connectivity index (χ4n) is 0.438. The van der Waals surface area contributed by atoms with E-state index in [9.17, 15) is 4.79 Å². The summed E-state index contributed by atoms with van der Waals surface area (Å²) in [5.74, 6) is -0.534. The van der Waals surface area contributed by atoms with E-state index in [-0.39, 0.29) is 0 Å². The van der Waals surface area contributed by atoms with Crippen LogP contribution in [0.25, 0.3) is 0 Å². The minimum atomic E-state index is -0.989. The fourth-order valence-corrected chi connectivity index (χ4v) is 0.438. The Hall–Kier alpha value is -0.570. The summed E-state index contributed by atoms with van der Waals surface area (Å²) in [6.07, 6.45) is 0.864. The van der Waals surface area contributed by atoms with Crippen LogP contribution in [0.5, 0.6) is 0 Å². The van der Waals surface area contributed by atoms with E-state index in [4.69, 9.17) is 5.11 Å². The van der Waals surface area contributed by atoms with Crippen molar-refractivity contribution in [3.05, 3.63) is 0 Å². The first-order valence-electron chi connectivity index (χ1n) is 3.53. The maximum atomic E-state index is 10.5. The van der Waals surface area contributed by atoms with Crippen LogP contribution < -0.4 is 0 Å². The molecule has 60 valence electrons.